The van der Waals surface area contributed by atoms with Crippen molar-refractivity contribution in [3.8, 4) is 0 Å². The second-order valence-electron chi connectivity index (χ2n) is 10.1. The van der Waals surface area contributed by atoms with Crippen LogP contribution < -0.4 is 27.6 Å². The van der Waals surface area contributed by atoms with Gasteiger partial charge >= 0.3 is 11.8 Å². The molecule has 4 rings (SSSR count). The van der Waals surface area contributed by atoms with E-state index in [0.29, 0.717) is 31.1 Å². The summed E-state index contributed by atoms with van der Waals surface area (Å²) in [4.78, 5) is 54.4. The molecule has 1 aliphatic heterocycles. The Balaban J connectivity index is 1.28. The molecule has 0 saturated carbocycles. The predicted molar refractivity (Wildman–Crippen MR) is 160 cm³/mol. The number of anilines is 1. The minimum absolute atomic E-state index is 0.258. The zero-order valence-corrected chi connectivity index (χ0v) is 23.3. The quantitative estimate of drug-likeness (QED) is 0.201. The van der Waals surface area contributed by atoms with E-state index in [4.69, 9.17) is 15.9 Å². The Labute approximate surface area is 242 Å². The van der Waals surface area contributed by atoms with E-state index in [1.54, 1.807) is 18.0 Å². The number of nitrogens with one attached hydrogen (secondary N) is 5. The molecule has 1 aliphatic rings. The number of nitrogens with zero attached hydrogens (tertiary/aromatic N) is 1. The van der Waals surface area contributed by atoms with Crippen LogP contribution >= 0.6 is 0 Å². The number of carbonyl (C=O) groups excluding carboxylic acids is 2. The summed E-state index contributed by atoms with van der Waals surface area (Å²) >= 11 is 0. The van der Waals surface area contributed by atoms with Gasteiger partial charge in [0.1, 0.15) is 18.0 Å². The molecule has 7 N–H and O–H groups in total. The van der Waals surface area contributed by atoms with Crippen LogP contribution in [0.15, 0.2) is 70.4 Å². The molecule has 3 aromatic rings. The fourth-order valence-corrected chi connectivity index (χ4v) is 4.69. The molecule has 12 nitrogen and oxygen atoms in total. The normalized spacial score (nSPS) is 14.6. The van der Waals surface area contributed by atoms with Gasteiger partial charge in [-0.3, -0.25) is 14.6 Å². The summed E-state index contributed by atoms with van der Waals surface area (Å²) < 4.78 is 5.44. The van der Waals surface area contributed by atoms with Crippen molar-refractivity contribution < 1.29 is 14.3 Å². The molecule has 12 heteroatoms. The molecule has 1 atom stereocenters. The van der Waals surface area contributed by atoms with Crippen molar-refractivity contribution in [1.29, 1.82) is 5.41 Å². The monoisotopic (exact) mass is 573 g/mol. The fraction of sp³-hybridized carbons (Fsp3) is 0.300. The van der Waals surface area contributed by atoms with Crippen molar-refractivity contribution in [3.63, 3.8) is 0 Å². The zero-order chi connectivity index (χ0) is 30.1. The molecule has 0 unspecified atom stereocenters. The maximum atomic E-state index is 12.7. The number of aromatic amines is 2. The van der Waals surface area contributed by atoms with Crippen LogP contribution in [0, 0.1) is 11.3 Å². The molecule has 2 amide bonds. The van der Waals surface area contributed by atoms with Gasteiger partial charge in [0.25, 0.3) is 11.5 Å². The summed E-state index contributed by atoms with van der Waals surface area (Å²) in [5.74, 6) is -0.314. The van der Waals surface area contributed by atoms with Gasteiger partial charge in [-0.15, -0.1) is 0 Å². The van der Waals surface area contributed by atoms with Crippen molar-refractivity contribution in [2.24, 2.45) is 5.92 Å². The van der Waals surface area contributed by atoms with Gasteiger partial charge in [0.15, 0.2) is 0 Å². The number of benzene rings is 2. The summed E-state index contributed by atoms with van der Waals surface area (Å²) in [5.41, 5.74) is 6.47. The number of rotatable bonds is 10. The molecule has 0 spiro atoms. The third kappa shape index (κ3) is 7.74. The number of hydrogen-bond acceptors (Lipinski definition) is 8. The first-order valence-electron chi connectivity index (χ1n) is 13.7. The molecule has 0 radical (unpaired) electrons. The van der Waals surface area contributed by atoms with Crippen molar-refractivity contribution in [1.82, 2.24) is 25.5 Å². The van der Waals surface area contributed by atoms with Crippen LogP contribution in [0.4, 0.5) is 10.5 Å². The highest BCUT2D eigenvalue weighted by Crippen LogP contribution is 2.21. The van der Waals surface area contributed by atoms with Gasteiger partial charge in [-0.25, -0.2) is 9.59 Å². The van der Waals surface area contributed by atoms with Crippen LogP contribution in [0.5, 0.6) is 0 Å². The Hall–Kier alpha value is -5.13. The highest BCUT2D eigenvalue weighted by Gasteiger charge is 2.23. The molecular formula is C30H35N7O5. The predicted octanol–water partition coefficient (Wildman–Crippen LogP) is 2.77. The number of H-pyrrole nitrogens is 2. The molecule has 42 heavy (non-hydrogen) atoms. The van der Waals surface area contributed by atoms with Crippen molar-refractivity contribution >= 4 is 29.5 Å². The van der Waals surface area contributed by atoms with Gasteiger partial charge in [-0.1, -0.05) is 48.5 Å². The molecule has 1 fully saturated rings. The highest BCUT2D eigenvalue weighted by molar-refractivity contribution is 6.08. The average Bonchev–Trinajstić information content (AvgIpc) is 3.00. The first kappa shape index (κ1) is 29.8. The van der Waals surface area contributed by atoms with Gasteiger partial charge in [0.05, 0.1) is 6.04 Å². The number of amides is 2. The first-order chi connectivity index (χ1) is 20.2. The number of ether oxygens (including phenoxy) is 1. The third-order valence-corrected chi connectivity index (χ3v) is 7.17. The number of carbonyl (C=O) groups is 2. The fourth-order valence-electron chi connectivity index (χ4n) is 4.69. The van der Waals surface area contributed by atoms with Crippen molar-refractivity contribution in [2.75, 3.05) is 25.4 Å². The number of nitrogen functional groups attached to an aromatic ring is 1. The molecule has 1 aromatic heterocycles. The number of nitrogens with two attached hydrogens (primary N) is 1. The molecule has 220 valence electrons. The summed E-state index contributed by atoms with van der Waals surface area (Å²) in [6.45, 7) is 3.97. The number of hydrogen-bond donors (Lipinski definition) is 6. The van der Waals surface area contributed by atoms with E-state index < -0.39 is 23.2 Å². The lowest BCUT2D eigenvalue weighted by Gasteiger charge is -2.31. The second-order valence-corrected chi connectivity index (χ2v) is 10.1. The van der Waals surface area contributed by atoms with E-state index in [9.17, 15) is 19.2 Å². The molecule has 2 heterocycles. The average molecular weight is 574 g/mol. The lowest BCUT2D eigenvalue weighted by atomic mass is 9.97. The van der Waals surface area contributed by atoms with Crippen molar-refractivity contribution in [2.45, 2.75) is 32.4 Å². The number of allylic oxidation sites excluding steroid dienone is 1. The maximum Gasteiger partial charge on any atom is 0.410 e. The minimum Gasteiger partial charge on any atom is -0.445 e. The Morgan fingerprint density at radius 2 is 1.86 bits per heavy atom. The smallest absolute Gasteiger partial charge is 0.410 e. The summed E-state index contributed by atoms with van der Waals surface area (Å²) in [5, 5.41) is 14.0. The SMILES string of the molecule is C[C@@H](NC(=O)c1[nH]c(=O)[nH]c(=O)c1N)c1cccc(/C(C=N)=C/NCC2CCN(C(=O)OCc3ccccc3)CC2)c1. The highest BCUT2D eigenvalue weighted by atomic mass is 16.6. The first-order valence-corrected chi connectivity index (χ1v) is 13.7. The van der Waals surface area contributed by atoms with E-state index in [0.717, 1.165) is 29.5 Å². The standard InChI is InChI=1S/C30H35N7O5/c1-19(34-28(39)26-25(32)27(38)36-29(40)35-26)22-8-5-9-23(14-22)24(15-31)17-33-16-20-10-12-37(13-11-20)30(41)42-18-21-6-3-2-4-7-21/h2-9,14-15,17,19-20,31,33H,10-13,16,18,32H2,1H3,(H,34,39)(H2,35,36,38,40)/b24-17+,31-15?/t19-/m1/s1. The molecule has 1 saturated heterocycles. The second kappa shape index (κ2) is 14.0. The number of likely N-dealkylation sites (tertiary alicyclic amines) is 1. The molecule has 0 aliphatic carbocycles. The van der Waals surface area contributed by atoms with Gasteiger partial charge in [-0.05, 0) is 48.4 Å². The van der Waals surface area contributed by atoms with Crippen LogP contribution in [0.1, 0.15) is 53.0 Å². The summed E-state index contributed by atoms with van der Waals surface area (Å²) in [6.07, 6.45) is 4.43. The number of aromatic nitrogens is 2. The Kier molecular flexibility index (Phi) is 9.93. The van der Waals surface area contributed by atoms with Gasteiger partial charge in [0, 0.05) is 37.6 Å². The minimum atomic E-state index is -0.835. The topological polar surface area (TPSA) is 186 Å². The summed E-state index contributed by atoms with van der Waals surface area (Å²) in [6, 6.07) is 16.5. The lowest BCUT2D eigenvalue weighted by Crippen LogP contribution is -2.40. The van der Waals surface area contributed by atoms with E-state index in [-0.39, 0.29) is 24.1 Å². The van der Waals surface area contributed by atoms with Crippen molar-refractivity contribution in [3.05, 3.63) is 104 Å². The zero-order valence-electron chi connectivity index (χ0n) is 23.3. The van der Waals surface area contributed by atoms with Crippen LogP contribution in [0.3, 0.4) is 0 Å². The van der Waals surface area contributed by atoms with Crippen LogP contribution in [0.25, 0.3) is 5.57 Å². The molecule has 0 bridgehead atoms. The van der Waals surface area contributed by atoms with Gasteiger partial charge in [0.2, 0.25) is 0 Å². The lowest BCUT2D eigenvalue weighted by molar-refractivity contribution is 0.0824. The largest absolute Gasteiger partial charge is 0.445 e. The van der Waals surface area contributed by atoms with E-state index in [1.165, 1.54) is 6.21 Å². The number of piperidine rings is 1. The van der Waals surface area contributed by atoms with E-state index in [2.05, 4.69) is 15.6 Å². The molecule has 2 aromatic carbocycles. The molecular weight excluding hydrogens is 538 g/mol. The van der Waals surface area contributed by atoms with Crippen LogP contribution in [0.2, 0.25) is 0 Å². The van der Waals surface area contributed by atoms with Crippen LogP contribution in [-0.4, -0.2) is 52.7 Å². The van der Waals surface area contributed by atoms with Gasteiger partial charge < -0.3 is 36.4 Å². The van der Waals surface area contributed by atoms with E-state index >= 15 is 0 Å². The maximum absolute atomic E-state index is 12.7. The summed E-state index contributed by atoms with van der Waals surface area (Å²) in [7, 11) is 0. The Bertz CT molecular complexity index is 1560. The third-order valence-electron chi connectivity index (χ3n) is 7.17. The Morgan fingerprint density at radius 1 is 1.12 bits per heavy atom. The van der Waals surface area contributed by atoms with Crippen LogP contribution in [-0.2, 0) is 11.3 Å². The Morgan fingerprint density at radius 3 is 2.57 bits per heavy atom. The van der Waals surface area contributed by atoms with E-state index in [1.807, 2.05) is 59.6 Å². The van der Waals surface area contributed by atoms with Gasteiger partial charge in [-0.2, -0.15) is 0 Å².